The van der Waals surface area contributed by atoms with Gasteiger partial charge in [0, 0.05) is 0 Å². The molecule has 0 spiro atoms. The molecule has 0 saturated carbocycles. The summed E-state index contributed by atoms with van der Waals surface area (Å²) >= 11 is 2.62. The Balaban J connectivity index is 2.00. The van der Waals surface area contributed by atoms with Crippen LogP contribution in [-0.2, 0) is 4.74 Å². The van der Waals surface area contributed by atoms with E-state index in [9.17, 15) is 14.6 Å². The second-order valence-electron chi connectivity index (χ2n) is 4.51. The number of aliphatic hydroxyl groups excluding tert-OH is 2. The number of rotatable bonds is 2. The van der Waals surface area contributed by atoms with Crippen LogP contribution >= 0.6 is 15.9 Å². The molecule has 1 fully saturated rings. The molecule has 0 radical (unpaired) electrons. The monoisotopic (exact) mass is 359 g/mol. The first-order chi connectivity index (χ1) is 9.99. The zero-order chi connectivity index (χ0) is 15.1. The minimum atomic E-state index is -1.28. The fourth-order valence-electron chi connectivity index (χ4n) is 2.23. The molecule has 0 aliphatic carbocycles. The number of imidazole rings is 1. The van der Waals surface area contributed by atoms with E-state index in [4.69, 9.17) is 10.5 Å². The lowest BCUT2D eigenvalue weighted by Crippen LogP contribution is -2.30. The van der Waals surface area contributed by atoms with Crippen LogP contribution in [0.4, 0.5) is 10.2 Å². The number of nitrogens with two attached hydrogens (primary N) is 1. The van der Waals surface area contributed by atoms with Crippen molar-refractivity contribution in [2.24, 2.45) is 0 Å². The number of fused-ring (bicyclic) bond motifs is 1. The highest BCUT2D eigenvalue weighted by atomic mass is 79.9. The third kappa shape index (κ3) is 2.39. The molecule has 10 heteroatoms. The Kier molecular flexibility index (Phi) is 3.61. The average Bonchev–Trinajstić information content (AvgIpc) is 2.96. The molecule has 8 nitrogen and oxygen atoms in total. The van der Waals surface area contributed by atoms with Gasteiger partial charge in [-0.1, -0.05) is 0 Å². The van der Waals surface area contributed by atoms with Gasteiger partial charge in [-0.05, 0) is 22.0 Å². The number of anilines is 1. The van der Waals surface area contributed by atoms with E-state index in [0.29, 0.717) is 11.2 Å². The largest absolute Gasteiger partial charge is 0.387 e. The fourth-order valence-corrected chi connectivity index (χ4v) is 2.49. The molecule has 21 heavy (non-hydrogen) atoms. The number of nitrogens with zero attached hydrogens (tertiary/aromatic N) is 4. The molecule has 2 unspecified atom stereocenters. The van der Waals surface area contributed by atoms with Crippen LogP contribution in [0.15, 0.2) is 23.5 Å². The lowest BCUT2D eigenvalue weighted by Gasteiger charge is -2.16. The summed E-state index contributed by atoms with van der Waals surface area (Å²) in [6.45, 7) is 0. The summed E-state index contributed by atoms with van der Waals surface area (Å²) in [4.78, 5) is 11.9. The van der Waals surface area contributed by atoms with Gasteiger partial charge in [0.2, 0.25) is 0 Å². The first-order valence-corrected chi connectivity index (χ1v) is 6.75. The topological polar surface area (TPSA) is 119 Å². The van der Waals surface area contributed by atoms with Crippen molar-refractivity contribution in [3.63, 3.8) is 0 Å². The minimum absolute atomic E-state index is 0.190. The molecule has 4 atom stereocenters. The highest BCUT2D eigenvalue weighted by Gasteiger charge is 2.43. The summed E-state index contributed by atoms with van der Waals surface area (Å²) in [6.07, 6.45) is -0.873. The van der Waals surface area contributed by atoms with Crippen molar-refractivity contribution in [1.29, 1.82) is 0 Å². The molecule has 1 saturated heterocycles. The van der Waals surface area contributed by atoms with E-state index in [1.807, 2.05) is 0 Å². The Labute approximate surface area is 126 Å². The van der Waals surface area contributed by atoms with Crippen LogP contribution in [0.3, 0.4) is 0 Å². The third-order valence-electron chi connectivity index (χ3n) is 3.23. The summed E-state index contributed by atoms with van der Waals surface area (Å²) in [5.41, 5.74) is 6.38. The minimum Gasteiger partial charge on any atom is -0.387 e. The van der Waals surface area contributed by atoms with E-state index in [2.05, 4.69) is 30.9 Å². The first-order valence-electron chi connectivity index (χ1n) is 5.96. The van der Waals surface area contributed by atoms with Gasteiger partial charge in [-0.25, -0.2) is 15.0 Å². The lowest BCUT2D eigenvalue weighted by atomic mass is 10.1. The van der Waals surface area contributed by atoms with Crippen LogP contribution in [0.5, 0.6) is 0 Å². The highest BCUT2D eigenvalue weighted by Crippen LogP contribution is 2.33. The molecule has 2 aromatic heterocycles. The van der Waals surface area contributed by atoms with E-state index in [1.165, 1.54) is 17.2 Å². The summed E-state index contributed by atoms with van der Waals surface area (Å²) in [5, 5.41) is 20.0. The van der Waals surface area contributed by atoms with Gasteiger partial charge in [-0.2, -0.15) is 4.39 Å². The van der Waals surface area contributed by atoms with E-state index in [-0.39, 0.29) is 5.82 Å². The Morgan fingerprint density at radius 3 is 2.86 bits per heavy atom. The summed E-state index contributed by atoms with van der Waals surface area (Å²) in [7, 11) is 0. The molecule has 0 aromatic carbocycles. The van der Waals surface area contributed by atoms with Crippen LogP contribution in [0.1, 0.15) is 6.23 Å². The van der Waals surface area contributed by atoms with Crippen molar-refractivity contribution in [3.8, 4) is 0 Å². The highest BCUT2D eigenvalue weighted by molar-refractivity contribution is 9.11. The van der Waals surface area contributed by atoms with Crippen molar-refractivity contribution >= 4 is 32.9 Å². The Bertz CT molecular complexity index is 704. The molecule has 3 rings (SSSR count). The SMILES string of the molecule is Nc1ncnc2c1ncn2[C@@H]1O[C@H](C=C(F)Br)C(O)C1O. The summed E-state index contributed by atoms with van der Waals surface area (Å²) < 4.78 is 19.1. The van der Waals surface area contributed by atoms with Gasteiger partial charge in [-0.3, -0.25) is 4.57 Å². The molecule has 1 aliphatic heterocycles. The molecular formula is C11H11BrFN5O3. The summed E-state index contributed by atoms with van der Waals surface area (Å²) in [6, 6.07) is 0. The smallest absolute Gasteiger partial charge is 0.167 e. The maximum atomic E-state index is 12.9. The van der Waals surface area contributed by atoms with Crippen LogP contribution < -0.4 is 5.73 Å². The van der Waals surface area contributed by atoms with Crippen LogP contribution in [0, 0.1) is 0 Å². The van der Waals surface area contributed by atoms with Crippen molar-refractivity contribution < 1.29 is 19.3 Å². The molecule has 1 aliphatic rings. The van der Waals surface area contributed by atoms with Crippen LogP contribution in [0.2, 0.25) is 0 Å². The van der Waals surface area contributed by atoms with E-state index in [1.54, 1.807) is 0 Å². The molecule has 0 bridgehead atoms. The number of aliphatic hydroxyl groups is 2. The Hall–Kier alpha value is -1.62. The van der Waals surface area contributed by atoms with E-state index >= 15 is 0 Å². The van der Waals surface area contributed by atoms with Crippen LogP contribution in [-0.4, -0.2) is 48.0 Å². The molecular weight excluding hydrogens is 349 g/mol. The second-order valence-corrected chi connectivity index (χ2v) is 5.27. The normalized spacial score (nSPS) is 30.2. The number of nitrogen functional groups attached to an aromatic ring is 1. The predicted molar refractivity (Wildman–Crippen MR) is 73.8 cm³/mol. The van der Waals surface area contributed by atoms with Crippen molar-refractivity contribution in [3.05, 3.63) is 23.5 Å². The maximum absolute atomic E-state index is 12.9. The number of aromatic nitrogens is 4. The molecule has 4 N–H and O–H groups in total. The van der Waals surface area contributed by atoms with Gasteiger partial charge in [0.05, 0.1) is 6.33 Å². The first kappa shape index (κ1) is 14.3. The second kappa shape index (κ2) is 5.30. The zero-order valence-electron chi connectivity index (χ0n) is 10.5. The number of halogens is 2. The molecule has 3 heterocycles. The lowest BCUT2D eigenvalue weighted by molar-refractivity contribution is -0.0246. The van der Waals surface area contributed by atoms with Gasteiger partial charge in [-0.15, -0.1) is 0 Å². The number of hydrogen-bond donors (Lipinski definition) is 3. The number of ether oxygens (including phenoxy) is 1. The third-order valence-corrected chi connectivity index (χ3v) is 3.49. The molecule has 0 amide bonds. The van der Waals surface area contributed by atoms with E-state index in [0.717, 1.165) is 6.08 Å². The summed E-state index contributed by atoms with van der Waals surface area (Å²) in [5.74, 6) is 0.190. The maximum Gasteiger partial charge on any atom is 0.167 e. The fraction of sp³-hybridized carbons (Fsp3) is 0.364. The van der Waals surface area contributed by atoms with Gasteiger partial charge >= 0.3 is 0 Å². The standard InChI is InChI=1S/C11H11BrFN5O3/c12-5(13)1-4-7(19)8(20)11(21-4)18-3-17-6-9(14)15-2-16-10(6)18/h1-4,7-8,11,19-20H,(H2,14,15,16)/t4-,7?,8?,11-/m1/s1. The predicted octanol–water partition coefficient (Wildman–Crippen LogP) is 0.233. The van der Waals surface area contributed by atoms with Crippen molar-refractivity contribution in [2.45, 2.75) is 24.5 Å². The quantitative estimate of drug-likeness (QED) is 0.702. The van der Waals surface area contributed by atoms with Crippen molar-refractivity contribution in [2.75, 3.05) is 5.73 Å². The van der Waals surface area contributed by atoms with Crippen molar-refractivity contribution in [1.82, 2.24) is 19.5 Å². The van der Waals surface area contributed by atoms with E-state index < -0.39 is 29.3 Å². The number of hydrogen-bond acceptors (Lipinski definition) is 7. The Morgan fingerprint density at radius 1 is 1.38 bits per heavy atom. The van der Waals surface area contributed by atoms with Gasteiger partial charge in [0.15, 0.2) is 22.4 Å². The van der Waals surface area contributed by atoms with Gasteiger partial charge in [0.1, 0.15) is 30.2 Å². The average molecular weight is 360 g/mol. The Morgan fingerprint density at radius 2 is 2.14 bits per heavy atom. The molecule has 112 valence electrons. The van der Waals surface area contributed by atoms with Gasteiger partial charge < -0.3 is 20.7 Å². The zero-order valence-corrected chi connectivity index (χ0v) is 12.1. The molecule has 2 aromatic rings. The van der Waals surface area contributed by atoms with Gasteiger partial charge in [0.25, 0.3) is 0 Å². The van der Waals surface area contributed by atoms with Crippen LogP contribution in [0.25, 0.3) is 11.2 Å².